The molecule has 0 aromatic heterocycles. The van der Waals surface area contributed by atoms with E-state index < -0.39 is 5.97 Å². The molecular weight excluding hydrogens is 168 g/mol. The molecule has 4 nitrogen and oxygen atoms in total. The van der Waals surface area contributed by atoms with E-state index in [1.54, 1.807) is 12.1 Å². The van der Waals surface area contributed by atoms with Crippen molar-refractivity contribution in [3.8, 4) is 0 Å². The molecule has 0 aliphatic heterocycles. The minimum Gasteiger partial charge on any atom is -0.465 e. The fraction of sp³-hybridized carbons (Fsp3) is 0.111. The number of hydrogen-bond acceptors (Lipinski definition) is 4. The third-order valence-electron chi connectivity index (χ3n) is 1.66. The average molecular weight is 178 g/mol. The Morgan fingerprint density at radius 1 is 1.62 bits per heavy atom. The predicted octanol–water partition coefficient (Wildman–Crippen LogP) is 1.05. The summed E-state index contributed by atoms with van der Waals surface area (Å²) >= 11 is 0. The largest absolute Gasteiger partial charge is 0.465 e. The van der Waals surface area contributed by atoms with Gasteiger partial charge in [0.05, 0.1) is 12.7 Å². The van der Waals surface area contributed by atoms with Crippen LogP contribution in [0.2, 0.25) is 0 Å². The van der Waals surface area contributed by atoms with Gasteiger partial charge in [-0.1, -0.05) is 6.07 Å². The second kappa shape index (κ2) is 3.71. The zero-order valence-corrected chi connectivity index (χ0v) is 7.20. The highest BCUT2D eigenvalue weighted by molar-refractivity contribution is 5.93. The van der Waals surface area contributed by atoms with Gasteiger partial charge in [0.25, 0.3) is 0 Å². The Labute approximate surface area is 75.8 Å². The zero-order valence-electron chi connectivity index (χ0n) is 7.20. The maximum Gasteiger partial charge on any atom is 0.337 e. The zero-order chi connectivity index (χ0) is 9.84. The number of nitrogens with one attached hydrogen (secondary N) is 1. The molecule has 0 fully saturated rings. The summed E-state index contributed by atoms with van der Waals surface area (Å²) in [7, 11) is 1.31. The van der Waals surface area contributed by atoms with Crippen molar-refractivity contribution in [2.45, 2.75) is 0 Å². The number of esters is 1. The predicted molar refractivity (Wildman–Crippen MR) is 50.1 cm³/mol. The Morgan fingerprint density at radius 3 is 2.77 bits per heavy atom. The summed E-state index contributed by atoms with van der Waals surface area (Å²) in [6.07, 6.45) is 1.14. The van der Waals surface area contributed by atoms with E-state index in [1.165, 1.54) is 13.2 Å². The van der Waals surface area contributed by atoms with Crippen LogP contribution in [-0.2, 0) is 4.74 Å². The monoisotopic (exact) mass is 178 g/mol. The third kappa shape index (κ3) is 1.84. The van der Waals surface area contributed by atoms with Gasteiger partial charge in [-0.2, -0.15) is 0 Å². The molecule has 0 unspecified atom stereocenters. The van der Waals surface area contributed by atoms with Crippen LogP contribution in [0, 0.1) is 5.41 Å². The molecule has 3 N–H and O–H groups in total. The van der Waals surface area contributed by atoms with E-state index >= 15 is 0 Å². The van der Waals surface area contributed by atoms with Crippen LogP contribution in [0.4, 0.5) is 5.69 Å². The van der Waals surface area contributed by atoms with Gasteiger partial charge in [0.2, 0.25) is 0 Å². The first-order valence-corrected chi connectivity index (χ1v) is 3.67. The molecular formula is C9H10N2O2. The number of ether oxygens (including phenoxy) is 1. The number of carbonyl (C=O) groups excluding carboxylic acids is 1. The molecule has 68 valence electrons. The highest BCUT2D eigenvalue weighted by Crippen LogP contribution is 2.12. The standard InChI is InChI=1S/C9H10N2O2/c1-13-9(12)6-2-3-7(5-10)8(11)4-6/h2-5,10H,11H2,1H3. The van der Waals surface area contributed by atoms with Gasteiger partial charge in [-0.05, 0) is 12.1 Å². The van der Waals surface area contributed by atoms with Gasteiger partial charge in [-0.3, -0.25) is 0 Å². The van der Waals surface area contributed by atoms with Crippen LogP contribution in [0.25, 0.3) is 0 Å². The summed E-state index contributed by atoms with van der Waals surface area (Å²) in [4.78, 5) is 11.0. The molecule has 0 aliphatic rings. The van der Waals surface area contributed by atoms with Gasteiger partial charge in [0.1, 0.15) is 0 Å². The molecule has 4 heteroatoms. The number of benzene rings is 1. The molecule has 1 aromatic carbocycles. The highest BCUT2D eigenvalue weighted by atomic mass is 16.5. The number of hydrogen-bond donors (Lipinski definition) is 2. The maximum atomic E-state index is 11.0. The van der Waals surface area contributed by atoms with Crippen molar-refractivity contribution < 1.29 is 9.53 Å². The number of nitrogen functional groups attached to an aromatic ring is 1. The molecule has 0 saturated carbocycles. The summed E-state index contributed by atoms with van der Waals surface area (Å²) < 4.78 is 4.51. The number of methoxy groups -OCH3 is 1. The molecule has 0 spiro atoms. The van der Waals surface area contributed by atoms with Gasteiger partial charge >= 0.3 is 5.97 Å². The van der Waals surface area contributed by atoms with E-state index in [2.05, 4.69) is 4.74 Å². The molecule has 13 heavy (non-hydrogen) atoms. The highest BCUT2D eigenvalue weighted by Gasteiger charge is 2.06. The summed E-state index contributed by atoms with van der Waals surface area (Å²) in [6, 6.07) is 4.67. The number of anilines is 1. The second-order valence-corrected chi connectivity index (χ2v) is 2.48. The van der Waals surface area contributed by atoms with Crippen LogP contribution < -0.4 is 5.73 Å². The average Bonchev–Trinajstić information content (AvgIpc) is 2.16. The quantitative estimate of drug-likeness (QED) is 0.403. The molecule has 0 amide bonds. The Hall–Kier alpha value is -1.84. The Bertz CT molecular complexity index is 347. The van der Waals surface area contributed by atoms with Crippen molar-refractivity contribution >= 4 is 17.9 Å². The lowest BCUT2D eigenvalue weighted by molar-refractivity contribution is 0.0601. The van der Waals surface area contributed by atoms with E-state index in [0.717, 1.165) is 6.21 Å². The van der Waals surface area contributed by atoms with Gasteiger partial charge in [0, 0.05) is 17.5 Å². The maximum absolute atomic E-state index is 11.0. The van der Waals surface area contributed by atoms with E-state index in [0.29, 0.717) is 16.8 Å². The third-order valence-corrected chi connectivity index (χ3v) is 1.66. The topological polar surface area (TPSA) is 76.2 Å². The lowest BCUT2D eigenvalue weighted by atomic mass is 10.1. The molecule has 1 aromatic rings. The first-order chi connectivity index (χ1) is 6.19. The van der Waals surface area contributed by atoms with Gasteiger partial charge in [-0.15, -0.1) is 0 Å². The minimum absolute atomic E-state index is 0.394. The summed E-state index contributed by atoms with van der Waals surface area (Å²) in [5, 5.41) is 6.99. The minimum atomic E-state index is -0.428. The number of carbonyl (C=O) groups is 1. The molecule has 0 aliphatic carbocycles. The van der Waals surface area contributed by atoms with E-state index in [4.69, 9.17) is 11.1 Å². The smallest absolute Gasteiger partial charge is 0.337 e. The summed E-state index contributed by atoms with van der Waals surface area (Å²) in [5.74, 6) is -0.428. The SMILES string of the molecule is COC(=O)c1ccc(C=N)c(N)c1. The summed E-state index contributed by atoms with van der Waals surface area (Å²) in [6.45, 7) is 0. The molecule has 0 radical (unpaired) electrons. The van der Waals surface area contributed by atoms with Gasteiger partial charge < -0.3 is 15.9 Å². The van der Waals surface area contributed by atoms with Crippen molar-refractivity contribution in [2.75, 3.05) is 12.8 Å². The van der Waals surface area contributed by atoms with Crippen LogP contribution in [0.5, 0.6) is 0 Å². The fourth-order valence-corrected chi connectivity index (χ4v) is 0.951. The van der Waals surface area contributed by atoms with E-state index in [-0.39, 0.29) is 0 Å². The molecule has 0 heterocycles. The van der Waals surface area contributed by atoms with Crippen LogP contribution in [-0.4, -0.2) is 19.3 Å². The molecule has 0 saturated heterocycles. The fourth-order valence-electron chi connectivity index (χ4n) is 0.951. The molecule has 0 bridgehead atoms. The first-order valence-electron chi connectivity index (χ1n) is 3.67. The van der Waals surface area contributed by atoms with Crippen molar-refractivity contribution in [1.82, 2.24) is 0 Å². The Balaban J connectivity index is 3.09. The van der Waals surface area contributed by atoms with Crippen LogP contribution >= 0.6 is 0 Å². The van der Waals surface area contributed by atoms with Gasteiger partial charge in [-0.25, -0.2) is 4.79 Å². The van der Waals surface area contributed by atoms with Crippen molar-refractivity contribution in [3.05, 3.63) is 29.3 Å². The van der Waals surface area contributed by atoms with Crippen LogP contribution in [0.3, 0.4) is 0 Å². The van der Waals surface area contributed by atoms with Crippen molar-refractivity contribution in [2.24, 2.45) is 0 Å². The molecule has 1 rings (SSSR count). The van der Waals surface area contributed by atoms with Crippen molar-refractivity contribution in [1.29, 1.82) is 5.41 Å². The van der Waals surface area contributed by atoms with Crippen molar-refractivity contribution in [3.63, 3.8) is 0 Å². The Morgan fingerprint density at radius 2 is 2.31 bits per heavy atom. The Kier molecular flexibility index (Phi) is 2.64. The first kappa shape index (κ1) is 9.25. The van der Waals surface area contributed by atoms with Crippen LogP contribution in [0.1, 0.15) is 15.9 Å². The molecule has 0 atom stereocenters. The van der Waals surface area contributed by atoms with E-state index in [9.17, 15) is 4.79 Å². The normalized spacial score (nSPS) is 9.31. The van der Waals surface area contributed by atoms with Gasteiger partial charge in [0.15, 0.2) is 0 Å². The number of nitrogens with two attached hydrogens (primary N) is 1. The van der Waals surface area contributed by atoms with Crippen LogP contribution in [0.15, 0.2) is 18.2 Å². The van der Waals surface area contributed by atoms with E-state index in [1.807, 2.05) is 0 Å². The number of rotatable bonds is 2. The summed E-state index contributed by atoms with van der Waals surface area (Å²) in [5.41, 5.74) is 6.95. The second-order valence-electron chi connectivity index (χ2n) is 2.48. The lowest BCUT2D eigenvalue weighted by Crippen LogP contribution is -2.03. The lowest BCUT2D eigenvalue weighted by Gasteiger charge is -2.02.